The van der Waals surface area contributed by atoms with E-state index in [2.05, 4.69) is 46.1 Å². The highest BCUT2D eigenvalue weighted by molar-refractivity contribution is 5.17. The summed E-state index contributed by atoms with van der Waals surface area (Å²) in [6, 6.07) is 4.72. The van der Waals surface area contributed by atoms with E-state index in [-0.39, 0.29) is 0 Å². The minimum Gasteiger partial charge on any atom is -0.464 e. The Morgan fingerprint density at radius 3 is 3.05 bits per heavy atom. The average Bonchev–Trinajstić information content (AvgIpc) is 2.95. The first kappa shape index (κ1) is 14.0. The highest BCUT2D eigenvalue weighted by Crippen LogP contribution is 2.47. The van der Waals surface area contributed by atoms with Crippen molar-refractivity contribution in [1.29, 1.82) is 0 Å². The van der Waals surface area contributed by atoms with Gasteiger partial charge in [-0.3, -0.25) is 0 Å². The van der Waals surface area contributed by atoms with Gasteiger partial charge in [-0.2, -0.15) is 5.10 Å². The van der Waals surface area contributed by atoms with E-state index in [9.17, 15) is 0 Å². The van der Waals surface area contributed by atoms with E-state index in [0.717, 1.165) is 55.7 Å². The van der Waals surface area contributed by atoms with Crippen LogP contribution in [0.2, 0.25) is 0 Å². The van der Waals surface area contributed by atoms with E-state index in [1.54, 1.807) is 0 Å². The molecule has 5 nitrogen and oxygen atoms in total. The van der Waals surface area contributed by atoms with Crippen molar-refractivity contribution in [3.8, 4) is 0 Å². The second-order valence-electron chi connectivity index (χ2n) is 6.72. The Kier molecular flexibility index (Phi) is 3.53. The first-order valence-electron chi connectivity index (χ1n) is 8.47. The Bertz CT molecular complexity index is 659. The van der Waals surface area contributed by atoms with Crippen LogP contribution in [0.3, 0.4) is 0 Å². The molecule has 0 saturated heterocycles. The summed E-state index contributed by atoms with van der Waals surface area (Å²) in [7, 11) is 0. The lowest BCUT2D eigenvalue weighted by Crippen LogP contribution is -2.37. The van der Waals surface area contributed by atoms with Gasteiger partial charge in [0.15, 0.2) is 5.82 Å². The molecule has 3 unspecified atom stereocenters. The van der Waals surface area contributed by atoms with Gasteiger partial charge in [-0.15, -0.1) is 0 Å². The van der Waals surface area contributed by atoms with Crippen LogP contribution in [-0.2, 0) is 25.9 Å². The van der Waals surface area contributed by atoms with Crippen LogP contribution in [0, 0.1) is 5.92 Å². The van der Waals surface area contributed by atoms with Crippen molar-refractivity contribution in [3.05, 3.63) is 35.3 Å². The van der Waals surface area contributed by atoms with Gasteiger partial charge in [0, 0.05) is 24.8 Å². The third-order valence-electron chi connectivity index (χ3n) is 4.94. The fraction of sp³-hybridized carbons (Fsp3) is 0.647. The van der Waals surface area contributed by atoms with E-state index in [4.69, 9.17) is 4.42 Å². The maximum absolute atomic E-state index is 5.96. The number of hydrogen-bond acceptors (Lipinski definition) is 4. The molecule has 4 rings (SSSR count). The summed E-state index contributed by atoms with van der Waals surface area (Å²) in [4.78, 5) is 4.56. The molecule has 1 fully saturated rings. The number of furan rings is 1. The van der Waals surface area contributed by atoms with Crippen molar-refractivity contribution in [1.82, 2.24) is 20.1 Å². The molecule has 1 aliphatic carbocycles. The van der Waals surface area contributed by atoms with Gasteiger partial charge in [-0.05, 0) is 30.9 Å². The largest absolute Gasteiger partial charge is 0.464 e. The quantitative estimate of drug-likeness (QED) is 0.922. The van der Waals surface area contributed by atoms with Gasteiger partial charge in [-0.25, -0.2) is 9.67 Å². The number of fused-ring (bicyclic) bond motifs is 1. The monoisotopic (exact) mass is 300 g/mol. The molecular weight excluding hydrogens is 276 g/mol. The zero-order chi connectivity index (χ0) is 15.1. The van der Waals surface area contributed by atoms with Crippen LogP contribution in [0.5, 0.6) is 0 Å². The molecule has 0 bridgehead atoms. The second-order valence-corrected chi connectivity index (χ2v) is 6.72. The van der Waals surface area contributed by atoms with Crippen LogP contribution in [-0.4, -0.2) is 20.8 Å². The first-order chi connectivity index (χ1) is 10.7. The molecule has 2 aromatic rings. The predicted molar refractivity (Wildman–Crippen MR) is 83.6 cm³/mol. The SMILES string of the molecule is CCc1nc2n(n1)CC(NCc1ccc(C3CC3C)o1)CC2. The van der Waals surface area contributed by atoms with Crippen LogP contribution in [0.15, 0.2) is 16.5 Å². The van der Waals surface area contributed by atoms with E-state index in [1.165, 1.54) is 12.2 Å². The van der Waals surface area contributed by atoms with Crippen LogP contribution >= 0.6 is 0 Å². The molecule has 1 N–H and O–H groups in total. The summed E-state index contributed by atoms with van der Waals surface area (Å²) in [6.07, 6.45) is 4.31. The fourth-order valence-corrected chi connectivity index (χ4v) is 3.33. The molecular formula is C17H24N4O. The minimum atomic E-state index is 0.451. The molecule has 3 heterocycles. The molecule has 2 aromatic heterocycles. The Morgan fingerprint density at radius 2 is 2.27 bits per heavy atom. The summed E-state index contributed by atoms with van der Waals surface area (Å²) in [5, 5.41) is 8.17. The topological polar surface area (TPSA) is 55.9 Å². The molecule has 0 aromatic carbocycles. The molecule has 1 saturated carbocycles. The molecule has 3 atom stereocenters. The highest BCUT2D eigenvalue weighted by atomic mass is 16.3. The van der Waals surface area contributed by atoms with Gasteiger partial charge in [-0.1, -0.05) is 13.8 Å². The maximum Gasteiger partial charge on any atom is 0.150 e. The molecule has 0 radical (unpaired) electrons. The summed E-state index contributed by atoms with van der Waals surface area (Å²) in [5.74, 6) is 5.77. The molecule has 0 spiro atoms. The molecule has 118 valence electrons. The van der Waals surface area contributed by atoms with Crippen LogP contribution < -0.4 is 5.32 Å². The van der Waals surface area contributed by atoms with Crippen molar-refractivity contribution < 1.29 is 4.42 Å². The van der Waals surface area contributed by atoms with Crippen LogP contribution in [0.25, 0.3) is 0 Å². The third-order valence-corrected chi connectivity index (χ3v) is 4.94. The van der Waals surface area contributed by atoms with Crippen molar-refractivity contribution >= 4 is 0 Å². The lowest BCUT2D eigenvalue weighted by molar-refractivity contribution is 0.341. The number of hydrogen-bond donors (Lipinski definition) is 1. The Labute approximate surface area is 131 Å². The van der Waals surface area contributed by atoms with Crippen LogP contribution in [0.1, 0.15) is 55.8 Å². The van der Waals surface area contributed by atoms with Crippen LogP contribution in [0.4, 0.5) is 0 Å². The molecule has 2 aliphatic rings. The Hall–Kier alpha value is -1.62. The van der Waals surface area contributed by atoms with E-state index >= 15 is 0 Å². The lowest BCUT2D eigenvalue weighted by atomic mass is 10.1. The average molecular weight is 300 g/mol. The molecule has 1 aliphatic heterocycles. The highest BCUT2D eigenvalue weighted by Gasteiger charge is 2.36. The molecule has 5 heteroatoms. The maximum atomic E-state index is 5.96. The molecule has 0 amide bonds. The summed E-state index contributed by atoms with van der Waals surface area (Å²) in [5.41, 5.74) is 0. The van der Waals surface area contributed by atoms with Gasteiger partial charge in [0.05, 0.1) is 13.1 Å². The number of aryl methyl sites for hydroxylation is 2. The normalized spacial score (nSPS) is 26.9. The van der Waals surface area contributed by atoms with Gasteiger partial charge >= 0.3 is 0 Å². The lowest BCUT2D eigenvalue weighted by Gasteiger charge is -2.23. The minimum absolute atomic E-state index is 0.451. The third kappa shape index (κ3) is 2.70. The van der Waals surface area contributed by atoms with Crippen molar-refractivity contribution in [2.45, 2.75) is 64.6 Å². The van der Waals surface area contributed by atoms with Gasteiger partial charge in [0.1, 0.15) is 17.3 Å². The number of aromatic nitrogens is 3. The van der Waals surface area contributed by atoms with Crippen molar-refractivity contribution in [3.63, 3.8) is 0 Å². The van der Waals surface area contributed by atoms with E-state index < -0.39 is 0 Å². The number of nitrogens with zero attached hydrogens (tertiary/aromatic N) is 3. The first-order valence-corrected chi connectivity index (χ1v) is 8.47. The number of nitrogens with one attached hydrogen (secondary N) is 1. The standard InChI is InChI=1S/C17H24N4O/c1-3-16-19-17-7-4-12(10-21(17)20-16)18-9-13-5-6-15(22-13)14-8-11(14)2/h5-6,11-12,14,18H,3-4,7-10H2,1-2H3. The Balaban J connectivity index is 1.33. The van der Waals surface area contributed by atoms with Gasteiger partial charge in [0.25, 0.3) is 0 Å². The van der Waals surface area contributed by atoms with Crippen molar-refractivity contribution in [2.24, 2.45) is 5.92 Å². The summed E-state index contributed by atoms with van der Waals surface area (Å²) < 4.78 is 8.03. The summed E-state index contributed by atoms with van der Waals surface area (Å²) in [6.45, 7) is 6.10. The smallest absolute Gasteiger partial charge is 0.150 e. The van der Waals surface area contributed by atoms with E-state index in [1.807, 2.05) is 0 Å². The fourth-order valence-electron chi connectivity index (χ4n) is 3.33. The second kappa shape index (κ2) is 5.54. The zero-order valence-electron chi connectivity index (χ0n) is 13.4. The molecule has 22 heavy (non-hydrogen) atoms. The van der Waals surface area contributed by atoms with Gasteiger partial charge in [0.2, 0.25) is 0 Å². The predicted octanol–water partition coefficient (Wildman–Crippen LogP) is 2.66. The van der Waals surface area contributed by atoms with Crippen molar-refractivity contribution in [2.75, 3.05) is 0 Å². The van der Waals surface area contributed by atoms with Gasteiger partial charge < -0.3 is 9.73 Å². The Morgan fingerprint density at radius 1 is 1.41 bits per heavy atom. The summed E-state index contributed by atoms with van der Waals surface area (Å²) >= 11 is 0. The van der Waals surface area contributed by atoms with E-state index in [0.29, 0.717) is 12.0 Å². The zero-order valence-corrected chi connectivity index (χ0v) is 13.4. The number of rotatable bonds is 5.